The van der Waals surface area contributed by atoms with Crippen molar-refractivity contribution in [2.45, 2.75) is 122 Å². The zero-order valence-corrected chi connectivity index (χ0v) is 29.4. The first kappa shape index (κ1) is 33.2. The average molecular weight is 617 g/mol. The zero-order valence-electron chi connectivity index (χ0n) is 27.4. The van der Waals surface area contributed by atoms with E-state index in [1.807, 2.05) is 12.1 Å². The van der Waals surface area contributed by atoms with Crippen LogP contribution in [0.25, 0.3) is 0 Å². The topological polar surface area (TPSA) is 66.2 Å². The zero-order chi connectivity index (χ0) is 30.2. The third-order valence-electron chi connectivity index (χ3n) is 10.3. The number of nitrogens with zero attached hydrogens (tertiary/aromatic N) is 2. The fourth-order valence-electron chi connectivity index (χ4n) is 6.86. The second-order valence-electron chi connectivity index (χ2n) is 12.2. The molecule has 0 N–H and O–H groups in total. The molecule has 2 fully saturated rings. The summed E-state index contributed by atoms with van der Waals surface area (Å²) in [4.78, 5) is 7.81. The molecule has 4 rings (SSSR count). The third-order valence-corrected chi connectivity index (χ3v) is 19.6. The van der Waals surface area contributed by atoms with Crippen LogP contribution < -0.4 is 9.64 Å². The van der Waals surface area contributed by atoms with Crippen molar-refractivity contribution in [1.29, 1.82) is 0 Å². The second kappa shape index (κ2) is 14.9. The van der Waals surface area contributed by atoms with Crippen LogP contribution in [0.15, 0.2) is 28.7 Å². The molecule has 1 saturated heterocycles. The molecule has 0 radical (unpaired) electrons. The van der Waals surface area contributed by atoms with Crippen molar-refractivity contribution in [1.82, 2.24) is 4.98 Å². The van der Waals surface area contributed by atoms with E-state index in [9.17, 15) is 0 Å². The normalized spacial score (nSPS) is 18.7. The summed E-state index contributed by atoms with van der Waals surface area (Å²) in [7, 11) is -2.25. The maximum atomic E-state index is 7.43. The van der Waals surface area contributed by atoms with E-state index in [-0.39, 0.29) is 6.10 Å². The minimum Gasteiger partial charge on any atom is -0.497 e. The first-order valence-corrected chi connectivity index (χ1v) is 21.8. The lowest BCUT2D eigenvalue weighted by molar-refractivity contribution is -0.00972. The van der Waals surface area contributed by atoms with Gasteiger partial charge in [0.15, 0.2) is 16.6 Å². The Kier molecular flexibility index (Phi) is 11.8. The van der Waals surface area contributed by atoms with E-state index in [0.717, 1.165) is 104 Å². The van der Waals surface area contributed by atoms with Gasteiger partial charge in [-0.15, -0.1) is 0 Å². The summed E-state index contributed by atoms with van der Waals surface area (Å²) in [5.74, 6) is 2.45. The summed E-state index contributed by atoms with van der Waals surface area (Å²) in [5.41, 5.74) is 1.52. The predicted molar refractivity (Wildman–Crippen MR) is 176 cm³/mol. The van der Waals surface area contributed by atoms with Crippen LogP contribution in [0, 0.1) is 0 Å². The Hall–Kier alpha value is -1.66. The summed E-state index contributed by atoms with van der Waals surface area (Å²) < 4.78 is 33.0. The maximum absolute atomic E-state index is 7.43. The summed E-state index contributed by atoms with van der Waals surface area (Å²) in [5, 5.41) is 0. The van der Waals surface area contributed by atoms with E-state index in [0.29, 0.717) is 13.2 Å². The van der Waals surface area contributed by atoms with Crippen LogP contribution in [0.3, 0.4) is 0 Å². The van der Waals surface area contributed by atoms with Gasteiger partial charge in [0.1, 0.15) is 23.1 Å². The number of morpholine rings is 1. The molecule has 7 nitrogen and oxygen atoms in total. The number of methoxy groups -OCH3 is 1. The van der Waals surface area contributed by atoms with Crippen molar-refractivity contribution < 1.29 is 22.7 Å². The average Bonchev–Trinajstić information content (AvgIpc) is 3.52. The molecule has 1 aliphatic heterocycles. The highest BCUT2D eigenvalue weighted by Crippen LogP contribution is 2.48. The van der Waals surface area contributed by atoms with Crippen LogP contribution in [0.4, 0.5) is 5.88 Å². The fourth-order valence-corrected chi connectivity index (χ4v) is 12.7. The van der Waals surface area contributed by atoms with Gasteiger partial charge in [-0.1, -0.05) is 72.9 Å². The van der Waals surface area contributed by atoms with E-state index < -0.39 is 22.2 Å². The quantitative estimate of drug-likeness (QED) is 0.185. The fraction of sp³-hybridized carbons (Fsp3) is 0.727. The molecule has 1 saturated carbocycles. The molecule has 1 aromatic heterocycles. The Morgan fingerprint density at radius 1 is 0.833 bits per heavy atom. The molecule has 1 unspecified atom stereocenters. The van der Waals surface area contributed by atoms with Crippen molar-refractivity contribution in [2.24, 2.45) is 0 Å². The van der Waals surface area contributed by atoms with Crippen LogP contribution in [-0.2, 0) is 19.2 Å². The Balaban J connectivity index is 1.90. The van der Waals surface area contributed by atoms with Crippen molar-refractivity contribution in [3.63, 3.8) is 0 Å². The first-order chi connectivity index (χ1) is 20.4. The summed E-state index contributed by atoms with van der Waals surface area (Å²) in [6.45, 7) is 16.7. The molecule has 1 atom stereocenters. The molecule has 9 heteroatoms. The summed E-state index contributed by atoms with van der Waals surface area (Å²) in [6.07, 6.45) is 5.14. The van der Waals surface area contributed by atoms with Gasteiger partial charge in [0.2, 0.25) is 11.8 Å². The highest BCUT2D eigenvalue weighted by atomic mass is 28.4. The number of rotatable bonds is 15. The number of anilines is 1. The lowest BCUT2D eigenvalue weighted by Gasteiger charge is -2.42. The minimum absolute atomic E-state index is 0.316. The molecule has 2 heterocycles. The molecular weight excluding hydrogens is 561 g/mol. The lowest BCUT2D eigenvalue weighted by Crippen LogP contribution is -2.47. The van der Waals surface area contributed by atoms with E-state index in [4.69, 9.17) is 27.7 Å². The number of ether oxygens (including phenoxy) is 2. The van der Waals surface area contributed by atoms with Crippen LogP contribution in [-0.4, -0.2) is 55.0 Å². The van der Waals surface area contributed by atoms with Crippen molar-refractivity contribution in [3.8, 4) is 5.75 Å². The van der Waals surface area contributed by atoms with E-state index >= 15 is 0 Å². The highest BCUT2D eigenvalue weighted by molar-refractivity contribution is 6.74. The Morgan fingerprint density at radius 2 is 1.40 bits per heavy atom. The van der Waals surface area contributed by atoms with Gasteiger partial charge < -0.3 is 27.6 Å². The molecule has 0 bridgehead atoms. The van der Waals surface area contributed by atoms with Gasteiger partial charge in [-0.3, -0.25) is 0 Å². The van der Waals surface area contributed by atoms with Gasteiger partial charge in [-0.05, 0) is 66.8 Å². The highest BCUT2D eigenvalue weighted by Gasteiger charge is 2.48. The van der Waals surface area contributed by atoms with Crippen molar-refractivity contribution in [2.75, 3.05) is 38.3 Å². The molecule has 2 aliphatic rings. The predicted octanol–water partition coefficient (Wildman–Crippen LogP) is 8.81. The van der Waals surface area contributed by atoms with Gasteiger partial charge in [0, 0.05) is 13.1 Å². The largest absolute Gasteiger partial charge is 0.497 e. The smallest absolute Gasteiger partial charge is 0.228 e. The van der Waals surface area contributed by atoms with Crippen molar-refractivity contribution in [3.05, 3.63) is 41.4 Å². The SMILES string of the molecule is CC[Si](CC)(CC)OC(c1ccc(OC)cc1)c1nc(C2(O[Si](CC)(CC)CC)CCCCC2)oc1N1CCOCC1. The molecule has 1 aromatic carbocycles. The maximum Gasteiger partial charge on any atom is 0.228 e. The number of benzene rings is 1. The molecule has 1 aliphatic carbocycles. The Labute approximate surface area is 256 Å². The van der Waals surface area contributed by atoms with Gasteiger partial charge in [0.25, 0.3) is 0 Å². The van der Waals surface area contributed by atoms with Crippen LogP contribution >= 0.6 is 0 Å². The van der Waals surface area contributed by atoms with Crippen LogP contribution in [0.1, 0.15) is 96.9 Å². The Bertz CT molecular complexity index is 1070. The number of hydrogen-bond donors (Lipinski definition) is 0. The molecule has 0 amide bonds. The molecule has 2 aromatic rings. The van der Waals surface area contributed by atoms with E-state index in [2.05, 4.69) is 58.6 Å². The number of aromatic nitrogens is 1. The van der Waals surface area contributed by atoms with Crippen molar-refractivity contribution >= 4 is 22.5 Å². The lowest BCUT2D eigenvalue weighted by atomic mass is 9.85. The standard InChI is InChI=1S/C33H56N2O5Si2/c1-8-41(9-2,10-3)39-30(27-17-19-28(36-7)20-18-27)29-31(35-23-25-37-26-24-35)38-32(34-29)33(21-15-14-16-22-33)40-42(11-4,12-5)13-6/h17-20,30H,8-16,21-26H2,1-7H3. The first-order valence-electron chi connectivity index (χ1n) is 16.7. The van der Waals surface area contributed by atoms with Crippen LogP contribution in [0.2, 0.25) is 36.3 Å². The monoisotopic (exact) mass is 616 g/mol. The molecule has 42 heavy (non-hydrogen) atoms. The summed E-state index contributed by atoms with van der Waals surface area (Å²) in [6, 6.07) is 14.9. The van der Waals surface area contributed by atoms with Gasteiger partial charge in [-0.25, -0.2) is 4.98 Å². The molecule has 236 valence electrons. The summed E-state index contributed by atoms with van der Waals surface area (Å²) >= 11 is 0. The second-order valence-corrected chi connectivity index (χ2v) is 21.6. The Morgan fingerprint density at radius 3 is 1.93 bits per heavy atom. The van der Waals surface area contributed by atoms with Gasteiger partial charge in [0.05, 0.1) is 20.3 Å². The van der Waals surface area contributed by atoms with Gasteiger partial charge >= 0.3 is 0 Å². The minimum atomic E-state index is -2.03. The van der Waals surface area contributed by atoms with Crippen LogP contribution in [0.5, 0.6) is 5.75 Å². The number of oxazole rings is 1. The van der Waals surface area contributed by atoms with E-state index in [1.165, 1.54) is 6.42 Å². The molecule has 0 spiro atoms. The van der Waals surface area contributed by atoms with E-state index in [1.54, 1.807) is 7.11 Å². The van der Waals surface area contributed by atoms with Gasteiger partial charge in [-0.2, -0.15) is 0 Å². The third kappa shape index (κ3) is 7.01. The molecular formula is C33H56N2O5Si2. The number of hydrogen-bond acceptors (Lipinski definition) is 7.